The minimum absolute atomic E-state index is 0.0168. The molecule has 0 aromatic carbocycles. The van der Waals surface area contributed by atoms with Crippen LogP contribution in [0.1, 0.15) is 206 Å². The fourth-order valence-corrected chi connectivity index (χ4v) is 6.65. The molecule has 2 rings (SSSR count). The van der Waals surface area contributed by atoms with E-state index in [9.17, 15) is 4.79 Å². The number of cyclic esters (lactones) is 1. The van der Waals surface area contributed by atoms with Gasteiger partial charge in [0.05, 0.1) is 12.2 Å². The van der Waals surface area contributed by atoms with Crippen molar-refractivity contribution in [2.75, 3.05) is 0 Å². The molecule has 3 atom stereocenters. The zero-order valence-electron chi connectivity index (χ0n) is 27.7. The molecule has 1 fully saturated rings. The fraction of sp³-hybridized carbons (Fsp3) is 0.921. The fourth-order valence-electron chi connectivity index (χ4n) is 6.65. The summed E-state index contributed by atoms with van der Waals surface area (Å²) < 4.78 is 11.1. The molecule has 0 aromatic heterocycles. The van der Waals surface area contributed by atoms with Crippen molar-refractivity contribution in [3.8, 4) is 0 Å². The lowest BCUT2D eigenvalue weighted by Crippen LogP contribution is -2.03. The summed E-state index contributed by atoms with van der Waals surface area (Å²) in [6, 6.07) is 0. The summed E-state index contributed by atoms with van der Waals surface area (Å²) >= 11 is 0. The van der Waals surface area contributed by atoms with Crippen molar-refractivity contribution in [2.24, 2.45) is 0 Å². The molecular weight excluding hydrogens is 504 g/mol. The van der Waals surface area contributed by atoms with E-state index in [0.29, 0.717) is 12.2 Å². The maximum atomic E-state index is 11.6. The highest BCUT2D eigenvalue weighted by Gasteiger charge is 2.36. The van der Waals surface area contributed by atoms with Crippen molar-refractivity contribution >= 4 is 5.97 Å². The first-order chi connectivity index (χ1) is 20.2. The Labute approximate surface area is 256 Å². The van der Waals surface area contributed by atoms with Crippen LogP contribution in [0, 0.1) is 0 Å². The van der Waals surface area contributed by atoms with E-state index < -0.39 is 0 Å². The molecule has 2 heterocycles. The van der Waals surface area contributed by atoms with Crippen LogP contribution < -0.4 is 0 Å². The predicted molar refractivity (Wildman–Crippen MR) is 176 cm³/mol. The Morgan fingerprint density at radius 2 is 0.854 bits per heavy atom. The van der Waals surface area contributed by atoms with Gasteiger partial charge in [-0.3, -0.25) is 0 Å². The van der Waals surface area contributed by atoms with Gasteiger partial charge in [-0.1, -0.05) is 174 Å². The first kappa shape index (κ1) is 36.4. The topological polar surface area (TPSA) is 38.8 Å². The third-order valence-electron chi connectivity index (χ3n) is 9.46. The maximum Gasteiger partial charge on any atom is 0.334 e. The van der Waals surface area contributed by atoms with Crippen LogP contribution in [-0.2, 0) is 14.3 Å². The summed E-state index contributed by atoms with van der Waals surface area (Å²) in [6.45, 7) is 4.24. The Bertz CT molecular complexity index is 641. The smallest absolute Gasteiger partial charge is 0.334 e. The van der Waals surface area contributed by atoms with E-state index in [1.807, 2.05) is 13.0 Å². The Balaban J connectivity index is 1.19. The van der Waals surface area contributed by atoms with Crippen LogP contribution in [0.5, 0.6) is 0 Å². The third-order valence-corrected chi connectivity index (χ3v) is 9.46. The molecule has 2 aliphatic rings. The quantitative estimate of drug-likeness (QED) is 0.0469. The Morgan fingerprint density at radius 3 is 1.20 bits per heavy atom. The summed E-state index contributed by atoms with van der Waals surface area (Å²) in [5.74, 6) is -0.0885. The molecule has 0 aromatic rings. The second-order valence-corrected chi connectivity index (χ2v) is 13.5. The molecule has 0 aliphatic carbocycles. The molecule has 0 saturated carbocycles. The number of rotatable bonds is 31. The van der Waals surface area contributed by atoms with Crippen molar-refractivity contribution in [2.45, 2.75) is 225 Å². The highest BCUT2D eigenvalue weighted by Crippen LogP contribution is 2.32. The molecule has 0 bridgehead atoms. The average Bonchev–Trinajstić information content (AvgIpc) is 3.63. The van der Waals surface area contributed by atoms with E-state index >= 15 is 0 Å². The van der Waals surface area contributed by atoms with Crippen LogP contribution in [0.3, 0.4) is 0 Å². The van der Waals surface area contributed by atoms with Gasteiger partial charge in [0.2, 0.25) is 0 Å². The van der Waals surface area contributed by atoms with Crippen molar-refractivity contribution in [1.29, 1.82) is 0 Å². The van der Waals surface area contributed by atoms with Crippen LogP contribution in [0.15, 0.2) is 11.6 Å². The Morgan fingerprint density at radius 1 is 0.512 bits per heavy atom. The zero-order chi connectivity index (χ0) is 29.2. The van der Waals surface area contributed by atoms with Gasteiger partial charge >= 0.3 is 5.97 Å². The van der Waals surface area contributed by atoms with Gasteiger partial charge in [0.15, 0.2) is 0 Å². The van der Waals surface area contributed by atoms with Crippen LogP contribution in [-0.4, -0.2) is 24.3 Å². The minimum atomic E-state index is -0.0885. The van der Waals surface area contributed by atoms with Gasteiger partial charge in [-0.25, -0.2) is 4.79 Å². The lowest BCUT2D eigenvalue weighted by Gasteiger charge is -2.04. The van der Waals surface area contributed by atoms with Gasteiger partial charge in [-0.15, -0.1) is 0 Å². The molecule has 0 N–H and O–H groups in total. The number of carbonyl (C=O) groups is 1. The molecule has 41 heavy (non-hydrogen) atoms. The maximum absolute atomic E-state index is 11.6. The van der Waals surface area contributed by atoms with E-state index in [4.69, 9.17) is 9.47 Å². The van der Waals surface area contributed by atoms with Crippen molar-refractivity contribution in [3.63, 3.8) is 0 Å². The van der Waals surface area contributed by atoms with Gasteiger partial charge in [-0.2, -0.15) is 0 Å². The molecule has 1 saturated heterocycles. The second-order valence-electron chi connectivity index (χ2n) is 13.5. The number of hydrogen-bond donors (Lipinski definition) is 0. The first-order valence-electron chi connectivity index (χ1n) is 18.8. The van der Waals surface area contributed by atoms with E-state index in [1.165, 1.54) is 180 Å². The third kappa shape index (κ3) is 20.7. The molecule has 0 amide bonds. The van der Waals surface area contributed by atoms with Crippen molar-refractivity contribution in [1.82, 2.24) is 0 Å². The molecule has 0 unspecified atom stereocenters. The molecule has 3 heteroatoms. The molecule has 0 radical (unpaired) electrons. The van der Waals surface area contributed by atoms with Gasteiger partial charge in [0.1, 0.15) is 6.10 Å². The molecule has 2 aliphatic heterocycles. The molecular formula is C38H70O3. The van der Waals surface area contributed by atoms with Crippen LogP contribution in [0.4, 0.5) is 0 Å². The van der Waals surface area contributed by atoms with E-state index in [0.717, 1.165) is 18.4 Å². The summed E-state index contributed by atoms with van der Waals surface area (Å²) in [5.41, 5.74) is 0.902. The Hall–Kier alpha value is -0.830. The lowest BCUT2D eigenvalue weighted by atomic mass is 10.0. The first-order valence-corrected chi connectivity index (χ1v) is 18.8. The number of esters is 1. The van der Waals surface area contributed by atoms with Gasteiger partial charge in [-0.05, 0) is 38.7 Å². The standard InChI is InChI=1S/C38H70O3/c1-3-4-5-6-7-8-9-16-19-22-25-28-31-36-37(41-36)32-29-26-23-20-17-14-12-10-11-13-15-18-21-24-27-30-35-33-34(2)40-38(35)39/h33-34,36-37H,3-32H2,1-2H3/t34-,36-,37+/m0/s1. The van der Waals surface area contributed by atoms with Crippen LogP contribution in [0.2, 0.25) is 0 Å². The van der Waals surface area contributed by atoms with Crippen molar-refractivity contribution in [3.05, 3.63) is 11.6 Å². The van der Waals surface area contributed by atoms with E-state index in [-0.39, 0.29) is 12.1 Å². The largest absolute Gasteiger partial charge is 0.455 e. The Kier molecular flexibility index (Phi) is 22.7. The monoisotopic (exact) mass is 575 g/mol. The number of unbranched alkanes of at least 4 members (excludes halogenated alkanes) is 25. The number of carbonyl (C=O) groups excluding carboxylic acids is 1. The summed E-state index contributed by atoms with van der Waals surface area (Å²) in [4.78, 5) is 11.6. The predicted octanol–water partition coefficient (Wildman–Crippen LogP) is 12.3. The SMILES string of the molecule is CCCCCCCCCCCCCC[C@@H]1O[C@@H]1CCCCCCCCCCCCCCCCCC1=C[C@H](C)OC1=O. The van der Waals surface area contributed by atoms with Crippen molar-refractivity contribution < 1.29 is 14.3 Å². The zero-order valence-corrected chi connectivity index (χ0v) is 27.7. The van der Waals surface area contributed by atoms with E-state index in [1.54, 1.807) is 0 Å². The highest BCUT2D eigenvalue weighted by atomic mass is 16.6. The van der Waals surface area contributed by atoms with Gasteiger partial charge in [0.25, 0.3) is 0 Å². The number of hydrogen-bond acceptors (Lipinski definition) is 3. The molecule has 3 nitrogen and oxygen atoms in total. The van der Waals surface area contributed by atoms with Gasteiger partial charge in [0, 0.05) is 5.57 Å². The average molecular weight is 575 g/mol. The number of ether oxygens (including phenoxy) is 2. The lowest BCUT2D eigenvalue weighted by molar-refractivity contribution is -0.139. The highest BCUT2D eigenvalue weighted by molar-refractivity contribution is 5.90. The second kappa shape index (κ2) is 25.6. The van der Waals surface area contributed by atoms with Crippen LogP contribution in [0.25, 0.3) is 0 Å². The summed E-state index contributed by atoms with van der Waals surface area (Å²) in [6.07, 6.45) is 44.6. The van der Waals surface area contributed by atoms with E-state index in [2.05, 4.69) is 6.92 Å². The summed E-state index contributed by atoms with van der Waals surface area (Å²) in [5, 5.41) is 0. The molecule has 240 valence electrons. The van der Waals surface area contributed by atoms with Crippen LogP contribution >= 0.6 is 0 Å². The normalized spacial score (nSPS) is 20.0. The summed E-state index contributed by atoms with van der Waals surface area (Å²) in [7, 11) is 0. The molecule has 0 spiro atoms. The minimum Gasteiger partial charge on any atom is -0.455 e. The number of epoxide rings is 1. The van der Waals surface area contributed by atoms with Gasteiger partial charge < -0.3 is 9.47 Å².